The number of aliphatic hydroxyl groups excluding tert-OH is 1. The van der Waals surface area contributed by atoms with Crippen LogP contribution >= 0.6 is 0 Å². The van der Waals surface area contributed by atoms with Gasteiger partial charge in [0.15, 0.2) is 0 Å². The number of pyridine rings is 1. The summed E-state index contributed by atoms with van der Waals surface area (Å²) in [7, 11) is 0. The third-order valence-electron chi connectivity index (χ3n) is 5.32. The molecule has 5 nitrogen and oxygen atoms in total. The summed E-state index contributed by atoms with van der Waals surface area (Å²) in [5.74, 6) is -0.307. The van der Waals surface area contributed by atoms with Crippen molar-refractivity contribution in [3.05, 3.63) is 64.5 Å². The van der Waals surface area contributed by atoms with E-state index in [4.69, 9.17) is 0 Å². The molecule has 2 aromatic rings. The molecule has 8 heteroatoms. The second kappa shape index (κ2) is 6.41. The lowest BCUT2D eigenvalue weighted by atomic mass is 9.73. The first-order valence-electron chi connectivity index (χ1n) is 8.95. The molecule has 0 saturated heterocycles. The summed E-state index contributed by atoms with van der Waals surface area (Å²) in [5, 5.41) is 12.0. The smallest absolute Gasteiger partial charge is 0.394 e. The molecule has 1 unspecified atom stereocenters. The van der Waals surface area contributed by atoms with Crippen LogP contribution in [-0.4, -0.2) is 34.5 Å². The summed E-state index contributed by atoms with van der Waals surface area (Å²) < 4.78 is 40.1. The molecule has 0 radical (unpaired) electrons. The van der Waals surface area contributed by atoms with Crippen LogP contribution in [0.15, 0.2) is 41.4 Å². The van der Waals surface area contributed by atoms with Gasteiger partial charge in [0.1, 0.15) is 16.9 Å². The van der Waals surface area contributed by atoms with Crippen molar-refractivity contribution >= 4 is 11.7 Å². The van der Waals surface area contributed by atoms with Crippen molar-refractivity contribution in [3.8, 4) is 0 Å². The molecule has 4 rings (SSSR count). The highest BCUT2D eigenvalue weighted by molar-refractivity contribution is 6.16. The minimum absolute atomic E-state index is 0.0694. The molecule has 146 valence electrons. The number of nitrogens with zero attached hydrogens (tertiary/aromatic N) is 2. The fraction of sp³-hybridized carbons (Fsp3) is 0.350. The molecule has 0 fully saturated rings. The number of amidine groups is 1. The number of aliphatic hydroxyl groups is 1. The fourth-order valence-electron chi connectivity index (χ4n) is 3.98. The third-order valence-corrected chi connectivity index (χ3v) is 5.32. The van der Waals surface area contributed by atoms with Crippen molar-refractivity contribution in [2.45, 2.75) is 37.4 Å². The summed E-state index contributed by atoms with van der Waals surface area (Å²) in [4.78, 5) is 21.4. The first-order valence-corrected chi connectivity index (χ1v) is 8.95. The lowest BCUT2D eigenvalue weighted by Crippen LogP contribution is -2.53. The predicted octanol–water partition coefficient (Wildman–Crippen LogP) is 2.59. The van der Waals surface area contributed by atoms with Gasteiger partial charge in [-0.3, -0.25) is 9.79 Å². The van der Waals surface area contributed by atoms with Crippen LogP contribution in [0.5, 0.6) is 0 Å². The second-order valence-corrected chi connectivity index (χ2v) is 7.12. The standard InChI is InChI=1S/C20H18F3N3O2/c1-11(10-27)24-17-13-6-7-15(20(21,22)23)25-16(13)19(18(28)26-17)9-8-12-4-2-3-5-14(12)19/h2-7,11,27H,8-10H2,1H3,(H,24,26,28)/t11-,19?/m1/s1. The van der Waals surface area contributed by atoms with Crippen molar-refractivity contribution in [1.82, 2.24) is 10.3 Å². The highest BCUT2D eigenvalue weighted by Gasteiger charge is 2.53. The van der Waals surface area contributed by atoms with E-state index in [9.17, 15) is 23.1 Å². The molecular formula is C20H18F3N3O2. The maximum absolute atomic E-state index is 13.4. The van der Waals surface area contributed by atoms with E-state index in [2.05, 4.69) is 15.3 Å². The van der Waals surface area contributed by atoms with E-state index in [1.807, 2.05) is 12.1 Å². The largest absolute Gasteiger partial charge is 0.433 e. The van der Waals surface area contributed by atoms with Gasteiger partial charge in [0.2, 0.25) is 5.91 Å². The molecule has 0 saturated carbocycles. The van der Waals surface area contributed by atoms with Gasteiger partial charge in [0, 0.05) is 5.56 Å². The highest BCUT2D eigenvalue weighted by Crippen LogP contribution is 2.47. The van der Waals surface area contributed by atoms with Crippen molar-refractivity contribution in [3.63, 3.8) is 0 Å². The maximum Gasteiger partial charge on any atom is 0.433 e. The maximum atomic E-state index is 13.4. The number of carbonyl (C=O) groups is 1. The van der Waals surface area contributed by atoms with Gasteiger partial charge in [-0.1, -0.05) is 24.3 Å². The van der Waals surface area contributed by atoms with Gasteiger partial charge in [-0.05, 0) is 43.0 Å². The summed E-state index contributed by atoms with van der Waals surface area (Å²) >= 11 is 0. The van der Waals surface area contributed by atoms with Crippen LogP contribution in [0.1, 0.15) is 41.4 Å². The van der Waals surface area contributed by atoms with Crippen molar-refractivity contribution < 1.29 is 23.1 Å². The van der Waals surface area contributed by atoms with E-state index in [-0.39, 0.29) is 18.1 Å². The zero-order valence-corrected chi connectivity index (χ0v) is 15.0. The molecule has 1 aliphatic heterocycles. The average Bonchev–Trinajstić information content (AvgIpc) is 3.05. The fourth-order valence-corrected chi connectivity index (χ4v) is 3.98. The number of nitrogens with one attached hydrogen (secondary N) is 1. The van der Waals surface area contributed by atoms with E-state index >= 15 is 0 Å². The van der Waals surface area contributed by atoms with Gasteiger partial charge >= 0.3 is 6.18 Å². The quantitative estimate of drug-likeness (QED) is 0.829. The van der Waals surface area contributed by atoms with Gasteiger partial charge in [-0.25, -0.2) is 4.98 Å². The number of hydrogen-bond acceptors (Lipinski definition) is 4. The number of rotatable bonds is 2. The van der Waals surface area contributed by atoms with E-state index in [0.29, 0.717) is 24.0 Å². The van der Waals surface area contributed by atoms with Gasteiger partial charge in [-0.15, -0.1) is 0 Å². The Hall–Kier alpha value is -2.74. The van der Waals surface area contributed by atoms with Crippen LogP contribution in [-0.2, 0) is 22.8 Å². The monoisotopic (exact) mass is 389 g/mol. The number of fused-ring (bicyclic) bond motifs is 4. The van der Waals surface area contributed by atoms with Gasteiger partial charge in [0.25, 0.3) is 0 Å². The first kappa shape index (κ1) is 18.6. The Kier molecular flexibility index (Phi) is 4.26. The summed E-state index contributed by atoms with van der Waals surface area (Å²) in [6.07, 6.45) is -3.72. The lowest BCUT2D eigenvalue weighted by Gasteiger charge is -2.35. The Labute approximate surface area is 159 Å². The van der Waals surface area contributed by atoms with Crippen LogP contribution in [0.2, 0.25) is 0 Å². The van der Waals surface area contributed by atoms with E-state index < -0.39 is 29.2 Å². The number of hydrogen-bond donors (Lipinski definition) is 2. The molecule has 2 atom stereocenters. The van der Waals surface area contributed by atoms with E-state index in [1.165, 1.54) is 6.07 Å². The number of halogens is 3. The number of aryl methyl sites for hydroxylation is 1. The normalized spacial score (nSPS) is 23.5. The Morgan fingerprint density at radius 3 is 2.75 bits per heavy atom. The van der Waals surface area contributed by atoms with Crippen LogP contribution in [0.25, 0.3) is 0 Å². The van der Waals surface area contributed by atoms with Crippen molar-refractivity contribution in [2.75, 3.05) is 6.61 Å². The van der Waals surface area contributed by atoms with Crippen LogP contribution in [0.4, 0.5) is 13.2 Å². The molecule has 1 aromatic carbocycles. The zero-order chi connectivity index (χ0) is 20.1. The SMILES string of the molecule is C[C@H](CO)N=C1NC(=O)C2(CCc3ccccc32)c2nc(C(F)(F)F)ccc21. The molecule has 28 heavy (non-hydrogen) atoms. The molecular weight excluding hydrogens is 371 g/mol. The first-order chi connectivity index (χ1) is 13.3. The van der Waals surface area contributed by atoms with Gasteiger partial charge < -0.3 is 10.4 Å². The van der Waals surface area contributed by atoms with Gasteiger partial charge in [0.05, 0.1) is 18.3 Å². The molecule has 2 aliphatic rings. The third kappa shape index (κ3) is 2.71. The zero-order valence-electron chi connectivity index (χ0n) is 15.0. The average molecular weight is 389 g/mol. The van der Waals surface area contributed by atoms with E-state index in [1.54, 1.807) is 19.1 Å². The topological polar surface area (TPSA) is 74.6 Å². The number of amides is 1. The second-order valence-electron chi connectivity index (χ2n) is 7.12. The molecule has 1 amide bonds. The number of benzene rings is 1. The minimum Gasteiger partial charge on any atom is -0.394 e. The molecule has 1 aromatic heterocycles. The lowest BCUT2D eigenvalue weighted by molar-refractivity contribution is -0.141. The molecule has 2 heterocycles. The molecule has 2 N–H and O–H groups in total. The van der Waals surface area contributed by atoms with Crippen LogP contribution in [0, 0.1) is 0 Å². The summed E-state index contributed by atoms with van der Waals surface area (Å²) in [6.45, 7) is 1.39. The number of aliphatic imine (C=N–C) groups is 1. The Balaban J connectivity index is 2.00. The Morgan fingerprint density at radius 1 is 1.29 bits per heavy atom. The Bertz CT molecular complexity index is 987. The number of aromatic nitrogens is 1. The highest BCUT2D eigenvalue weighted by atomic mass is 19.4. The van der Waals surface area contributed by atoms with Crippen LogP contribution < -0.4 is 5.32 Å². The molecule has 1 aliphatic carbocycles. The number of carbonyl (C=O) groups excluding carboxylic acids is 1. The minimum atomic E-state index is -4.63. The van der Waals surface area contributed by atoms with Crippen molar-refractivity contribution in [2.24, 2.45) is 4.99 Å². The predicted molar refractivity (Wildman–Crippen MR) is 96.0 cm³/mol. The van der Waals surface area contributed by atoms with Gasteiger partial charge in [-0.2, -0.15) is 13.2 Å². The number of alkyl halides is 3. The van der Waals surface area contributed by atoms with Crippen molar-refractivity contribution in [1.29, 1.82) is 0 Å². The van der Waals surface area contributed by atoms with E-state index in [0.717, 1.165) is 11.6 Å². The molecule has 0 bridgehead atoms. The summed E-state index contributed by atoms with van der Waals surface area (Å²) in [5.41, 5.74) is -0.306. The van der Waals surface area contributed by atoms with Crippen LogP contribution in [0.3, 0.4) is 0 Å². The molecule has 1 spiro atoms. The Morgan fingerprint density at radius 2 is 2.04 bits per heavy atom. The summed E-state index contributed by atoms with van der Waals surface area (Å²) in [6, 6.07) is 8.93.